The maximum Gasteiger partial charge on any atom is 0.419 e. The Morgan fingerprint density at radius 1 is 1.22 bits per heavy atom. The second-order valence-electron chi connectivity index (χ2n) is 9.94. The van der Waals surface area contributed by atoms with Crippen molar-refractivity contribution in [2.45, 2.75) is 55.9 Å². The predicted molar refractivity (Wildman–Crippen MR) is 110 cm³/mol. The molecule has 4 heterocycles. The van der Waals surface area contributed by atoms with E-state index in [1.54, 1.807) is 0 Å². The Balaban J connectivity index is 1.29. The molecule has 0 aromatic carbocycles. The molecule has 3 aliphatic carbocycles. The zero-order chi connectivity index (χ0) is 21.8. The van der Waals surface area contributed by atoms with Crippen molar-refractivity contribution in [1.29, 1.82) is 0 Å². The van der Waals surface area contributed by atoms with Gasteiger partial charge in [0.25, 0.3) is 0 Å². The second-order valence-corrected chi connectivity index (χ2v) is 9.94. The van der Waals surface area contributed by atoms with Crippen LogP contribution >= 0.6 is 0 Å². The lowest BCUT2D eigenvalue weighted by molar-refractivity contribution is -0.137. The average Bonchev–Trinajstić information content (AvgIpc) is 2.92. The molecule has 3 atom stereocenters. The maximum atomic E-state index is 13.4. The third kappa shape index (κ3) is 2.35. The zero-order valence-electron chi connectivity index (χ0n) is 17.5. The number of halogens is 3. The van der Waals surface area contributed by atoms with Crippen molar-refractivity contribution in [1.82, 2.24) is 19.7 Å². The molecular weight excluding hydrogens is 419 g/mol. The number of anilines is 1. The highest BCUT2D eigenvalue weighted by Gasteiger charge is 2.79. The molecule has 2 N–H and O–H groups in total. The summed E-state index contributed by atoms with van der Waals surface area (Å²) >= 11 is 0. The van der Waals surface area contributed by atoms with E-state index in [0.717, 1.165) is 37.9 Å². The van der Waals surface area contributed by atoms with Gasteiger partial charge < -0.3 is 15.4 Å². The van der Waals surface area contributed by atoms with E-state index in [1.807, 2.05) is 6.07 Å². The Kier molecular flexibility index (Phi) is 3.60. The van der Waals surface area contributed by atoms with Gasteiger partial charge in [0.05, 0.1) is 41.6 Å². The molecular formula is C23H24F3N5O. The molecule has 6 nitrogen and oxygen atoms in total. The number of nitrogen functional groups attached to an aromatic ring is 1. The number of rotatable bonds is 5. The molecule has 2 aromatic rings. The lowest BCUT2D eigenvalue weighted by Crippen LogP contribution is -2.57. The molecule has 32 heavy (non-hydrogen) atoms. The molecule has 0 amide bonds. The molecule has 2 aromatic heterocycles. The van der Waals surface area contributed by atoms with Crippen molar-refractivity contribution < 1.29 is 17.9 Å². The number of hydrogen-bond acceptors (Lipinski definition) is 5. The van der Waals surface area contributed by atoms with Crippen LogP contribution in [0.25, 0.3) is 11.3 Å². The summed E-state index contributed by atoms with van der Waals surface area (Å²) in [6.07, 6.45) is 3.93. The van der Waals surface area contributed by atoms with Crippen molar-refractivity contribution in [2.75, 3.05) is 18.9 Å². The molecule has 5 aliphatic rings. The summed E-state index contributed by atoms with van der Waals surface area (Å²) in [5.74, 6) is 0.634. The number of alkyl halides is 3. The predicted octanol–water partition coefficient (Wildman–Crippen LogP) is 3.58. The third-order valence-electron chi connectivity index (χ3n) is 8.37. The van der Waals surface area contributed by atoms with Crippen molar-refractivity contribution in [3.05, 3.63) is 41.4 Å². The summed E-state index contributed by atoms with van der Waals surface area (Å²) in [6, 6.07) is 3.94. The highest BCUT2D eigenvalue weighted by Crippen LogP contribution is 2.77. The lowest BCUT2D eigenvalue weighted by Gasteiger charge is -2.48. The van der Waals surface area contributed by atoms with Gasteiger partial charge in [0.15, 0.2) is 0 Å². The molecule has 3 saturated carbocycles. The first kappa shape index (κ1) is 19.0. The Hall–Kier alpha value is -2.55. The summed E-state index contributed by atoms with van der Waals surface area (Å²) in [5.41, 5.74) is 8.11. The van der Waals surface area contributed by atoms with Crippen LogP contribution in [0.15, 0.2) is 30.1 Å². The van der Waals surface area contributed by atoms with E-state index >= 15 is 0 Å². The summed E-state index contributed by atoms with van der Waals surface area (Å²) < 4.78 is 47.7. The van der Waals surface area contributed by atoms with Gasteiger partial charge in [-0.2, -0.15) is 18.3 Å². The molecule has 4 fully saturated rings. The van der Waals surface area contributed by atoms with Crippen LogP contribution in [0.5, 0.6) is 0 Å². The molecule has 0 radical (unpaired) electrons. The van der Waals surface area contributed by atoms with Crippen LogP contribution in [0.3, 0.4) is 0 Å². The van der Waals surface area contributed by atoms with E-state index in [1.165, 1.54) is 31.0 Å². The van der Waals surface area contributed by atoms with E-state index in [2.05, 4.69) is 20.8 Å². The molecule has 2 aliphatic heterocycles. The second kappa shape index (κ2) is 6.07. The minimum Gasteiger partial charge on any atom is -0.383 e. The van der Waals surface area contributed by atoms with Crippen LogP contribution < -0.4 is 5.73 Å². The summed E-state index contributed by atoms with van der Waals surface area (Å²) in [6.45, 7) is 2.36. The minimum absolute atomic E-state index is 0.0152. The molecule has 9 heteroatoms. The Bertz CT molecular complexity index is 1150. The van der Waals surface area contributed by atoms with Crippen LogP contribution in [0.4, 0.5) is 19.0 Å². The number of hydrogen-bond donors (Lipinski definition) is 1. The first-order valence-electron chi connectivity index (χ1n) is 11.4. The molecule has 0 spiro atoms. The molecule has 1 unspecified atom stereocenters. The number of fused-ring (bicyclic) bond motifs is 1. The fourth-order valence-corrected chi connectivity index (χ4v) is 6.27. The van der Waals surface area contributed by atoms with E-state index in [9.17, 15) is 13.2 Å². The topological polar surface area (TPSA) is 69.2 Å². The average molecular weight is 443 g/mol. The standard InChI is InChI=1S/C23H24F3N5O/c24-23(25,26)16-4-13(7-28-21(16)27)18-6-20(31(29-18)8-12-2-1-3-12)22-15-5-19(22)30(9-17(15)22)14-10-32-11-14/h4,6-7,9,12,14-15,19H,1-3,5,8,10-11H2,(H2,27,28)/t15-,19?,22-/m1/s1. The number of pyridine rings is 1. The van der Waals surface area contributed by atoms with Gasteiger partial charge in [-0.05, 0) is 42.9 Å². The minimum atomic E-state index is -4.55. The molecule has 7 rings (SSSR count). The van der Waals surface area contributed by atoms with E-state index in [0.29, 0.717) is 35.2 Å². The molecule has 168 valence electrons. The maximum absolute atomic E-state index is 13.4. The summed E-state index contributed by atoms with van der Waals surface area (Å²) in [4.78, 5) is 6.29. The van der Waals surface area contributed by atoms with Crippen LogP contribution in [0.1, 0.15) is 36.9 Å². The van der Waals surface area contributed by atoms with Crippen molar-refractivity contribution in [3.8, 4) is 11.3 Å². The van der Waals surface area contributed by atoms with Crippen LogP contribution in [-0.4, -0.2) is 45.0 Å². The quantitative estimate of drug-likeness (QED) is 0.765. The van der Waals surface area contributed by atoms with Gasteiger partial charge in [0, 0.05) is 36.5 Å². The summed E-state index contributed by atoms with van der Waals surface area (Å²) in [5, 5.41) is 4.83. The highest BCUT2D eigenvalue weighted by molar-refractivity contribution is 5.68. The fourth-order valence-electron chi connectivity index (χ4n) is 6.27. The van der Waals surface area contributed by atoms with Gasteiger partial charge in [-0.15, -0.1) is 0 Å². The number of aromatic nitrogens is 3. The van der Waals surface area contributed by atoms with Gasteiger partial charge in [-0.1, -0.05) is 6.42 Å². The number of ether oxygens (including phenoxy) is 1. The Labute approximate surface area is 183 Å². The monoisotopic (exact) mass is 443 g/mol. The number of nitrogens with zero attached hydrogens (tertiary/aromatic N) is 4. The van der Waals surface area contributed by atoms with Crippen molar-refractivity contribution in [3.63, 3.8) is 0 Å². The van der Waals surface area contributed by atoms with E-state index < -0.39 is 17.6 Å². The van der Waals surface area contributed by atoms with Crippen LogP contribution in [0, 0.1) is 11.8 Å². The van der Waals surface area contributed by atoms with Crippen molar-refractivity contribution >= 4 is 5.82 Å². The Morgan fingerprint density at radius 2 is 2.03 bits per heavy atom. The molecule has 1 saturated heterocycles. The smallest absolute Gasteiger partial charge is 0.383 e. The zero-order valence-corrected chi connectivity index (χ0v) is 17.5. The first-order chi connectivity index (χ1) is 15.4. The lowest BCUT2D eigenvalue weighted by atomic mass is 9.75. The van der Waals surface area contributed by atoms with Gasteiger partial charge in [-0.25, -0.2) is 4.98 Å². The molecule has 0 bridgehead atoms. The van der Waals surface area contributed by atoms with Crippen LogP contribution in [0.2, 0.25) is 0 Å². The van der Waals surface area contributed by atoms with Gasteiger partial charge in [-0.3, -0.25) is 4.68 Å². The van der Waals surface area contributed by atoms with E-state index in [4.69, 9.17) is 15.6 Å². The van der Waals surface area contributed by atoms with E-state index in [-0.39, 0.29) is 5.41 Å². The fraction of sp³-hybridized carbons (Fsp3) is 0.565. The van der Waals surface area contributed by atoms with Crippen LogP contribution in [-0.2, 0) is 22.9 Å². The SMILES string of the molecule is Nc1ncc(-c2cc([C@]34C5=CN(C6COC6)C3C[C@H]54)n(CC3CCC3)n2)cc1C(F)(F)F. The third-order valence-corrected chi connectivity index (χ3v) is 8.37. The van der Waals surface area contributed by atoms with Gasteiger partial charge >= 0.3 is 6.18 Å². The normalized spacial score (nSPS) is 31.0. The number of nitrogens with two attached hydrogens (primary N) is 1. The Morgan fingerprint density at radius 3 is 2.69 bits per heavy atom. The van der Waals surface area contributed by atoms with Gasteiger partial charge in [0.1, 0.15) is 5.82 Å². The summed E-state index contributed by atoms with van der Waals surface area (Å²) in [7, 11) is 0. The first-order valence-corrected chi connectivity index (χ1v) is 11.4. The van der Waals surface area contributed by atoms with Gasteiger partial charge in [0.2, 0.25) is 0 Å². The van der Waals surface area contributed by atoms with Crippen molar-refractivity contribution in [2.24, 2.45) is 11.8 Å². The highest BCUT2D eigenvalue weighted by atomic mass is 19.4. The largest absolute Gasteiger partial charge is 0.419 e.